The quantitative estimate of drug-likeness (QED) is 0.711. The molecule has 0 bridgehead atoms. The molecule has 8 heteroatoms. The van der Waals surface area contributed by atoms with Crippen LogP contribution in [0.4, 0.5) is 17.6 Å². The molecule has 0 amide bonds. The fraction of sp³-hybridized carbons (Fsp3) is 0.364. The van der Waals surface area contributed by atoms with Crippen LogP contribution in [0.3, 0.4) is 0 Å². The van der Waals surface area contributed by atoms with E-state index in [1.54, 1.807) is 25.4 Å². The second-order valence-electron chi connectivity index (χ2n) is 3.93. The molecule has 1 atom stereocenters. The lowest BCUT2D eigenvalue weighted by atomic mass is 10.4. The highest BCUT2D eigenvalue weighted by Crippen LogP contribution is 2.17. The van der Waals surface area contributed by atoms with Gasteiger partial charge in [-0.05, 0) is 13.0 Å². The highest BCUT2D eigenvalue weighted by Gasteiger charge is 2.07. The minimum absolute atomic E-state index is 0.0733. The Morgan fingerprint density at radius 1 is 1.53 bits per heavy atom. The van der Waals surface area contributed by atoms with Crippen molar-refractivity contribution in [2.24, 2.45) is 0 Å². The van der Waals surface area contributed by atoms with Gasteiger partial charge in [-0.1, -0.05) is 0 Å². The van der Waals surface area contributed by atoms with E-state index in [-0.39, 0.29) is 12.1 Å². The largest absolute Gasteiger partial charge is 0.471 e. The van der Waals surface area contributed by atoms with Gasteiger partial charge in [0.05, 0.1) is 6.61 Å². The Balaban J connectivity index is 1.97. The lowest BCUT2D eigenvalue weighted by molar-refractivity contribution is 0.0889. The molecule has 4 N–H and O–H groups in total. The minimum atomic E-state index is -0.0733. The van der Waals surface area contributed by atoms with E-state index in [4.69, 9.17) is 15.2 Å². The third-order valence-corrected chi connectivity index (χ3v) is 2.21. The number of anilines is 3. The molecule has 0 aromatic carbocycles. The van der Waals surface area contributed by atoms with E-state index in [1.807, 2.05) is 6.92 Å². The van der Waals surface area contributed by atoms with Gasteiger partial charge in [0.25, 0.3) is 0 Å². The van der Waals surface area contributed by atoms with E-state index in [0.29, 0.717) is 24.1 Å². The van der Waals surface area contributed by atoms with Crippen molar-refractivity contribution in [3.05, 3.63) is 18.3 Å². The number of hydrogen-bond donors (Lipinski definition) is 3. The normalized spacial score (nSPS) is 12.1. The second kappa shape index (κ2) is 6.01. The highest BCUT2D eigenvalue weighted by atomic mass is 16.5. The van der Waals surface area contributed by atoms with Gasteiger partial charge in [-0.2, -0.15) is 4.98 Å². The summed E-state index contributed by atoms with van der Waals surface area (Å²) in [5.41, 5.74) is 5.49. The van der Waals surface area contributed by atoms with Crippen molar-refractivity contribution in [3.63, 3.8) is 0 Å². The fourth-order valence-corrected chi connectivity index (χ4v) is 1.48. The van der Waals surface area contributed by atoms with Gasteiger partial charge in [0.1, 0.15) is 17.7 Å². The van der Waals surface area contributed by atoms with Crippen LogP contribution in [0, 0.1) is 0 Å². The van der Waals surface area contributed by atoms with E-state index in [0.717, 1.165) is 0 Å². The van der Waals surface area contributed by atoms with Gasteiger partial charge in [0.15, 0.2) is 0 Å². The number of nitrogens with two attached hydrogens (primary N) is 1. The van der Waals surface area contributed by atoms with Crippen molar-refractivity contribution in [1.82, 2.24) is 20.2 Å². The average molecular weight is 264 g/mol. The molecule has 0 aliphatic rings. The van der Waals surface area contributed by atoms with Gasteiger partial charge < -0.3 is 20.5 Å². The maximum atomic E-state index is 5.53. The molecule has 19 heavy (non-hydrogen) atoms. The SMILES string of the molecule is COCC(C)Oc1cc(Nc2ccnc(N)n2)[nH]n1. The summed E-state index contributed by atoms with van der Waals surface area (Å²) in [6.45, 7) is 2.40. The lowest BCUT2D eigenvalue weighted by Crippen LogP contribution is -2.18. The molecule has 0 spiro atoms. The number of aromatic amines is 1. The Labute approximate surface area is 110 Å². The predicted molar refractivity (Wildman–Crippen MR) is 70.3 cm³/mol. The zero-order valence-corrected chi connectivity index (χ0v) is 10.8. The summed E-state index contributed by atoms with van der Waals surface area (Å²) in [4.78, 5) is 7.82. The van der Waals surface area contributed by atoms with Crippen LogP contribution in [-0.4, -0.2) is 40.0 Å². The molecule has 2 heterocycles. The topological polar surface area (TPSA) is 111 Å². The van der Waals surface area contributed by atoms with Gasteiger partial charge in [-0.25, -0.2) is 4.98 Å². The molecule has 0 fully saturated rings. The number of methoxy groups -OCH3 is 1. The molecular formula is C11H16N6O2. The van der Waals surface area contributed by atoms with E-state index < -0.39 is 0 Å². The molecule has 1 unspecified atom stereocenters. The molecule has 0 aliphatic carbocycles. The summed E-state index contributed by atoms with van der Waals surface area (Å²) in [6, 6.07) is 3.43. The zero-order chi connectivity index (χ0) is 13.7. The van der Waals surface area contributed by atoms with Crippen LogP contribution in [0.15, 0.2) is 18.3 Å². The van der Waals surface area contributed by atoms with Gasteiger partial charge in [0.2, 0.25) is 11.8 Å². The van der Waals surface area contributed by atoms with E-state index >= 15 is 0 Å². The Kier molecular flexibility index (Phi) is 4.14. The second-order valence-corrected chi connectivity index (χ2v) is 3.93. The number of hydrogen-bond acceptors (Lipinski definition) is 7. The molecule has 0 radical (unpaired) electrons. The number of H-pyrrole nitrogens is 1. The summed E-state index contributed by atoms with van der Waals surface area (Å²) in [7, 11) is 1.62. The first-order valence-corrected chi connectivity index (χ1v) is 5.74. The van der Waals surface area contributed by atoms with Crippen LogP contribution in [0.25, 0.3) is 0 Å². The molecule has 0 saturated heterocycles. The molecule has 0 saturated carbocycles. The average Bonchev–Trinajstić information content (AvgIpc) is 2.76. The number of nitrogens with zero attached hydrogens (tertiary/aromatic N) is 3. The molecule has 8 nitrogen and oxygen atoms in total. The minimum Gasteiger partial charge on any atom is -0.471 e. The number of nitrogens with one attached hydrogen (secondary N) is 2. The first-order valence-electron chi connectivity index (χ1n) is 5.74. The molecular weight excluding hydrogens is 248 g/mol. The Morgan fingerprint density at radius 3 is 3.11 bits per heavy atom. The molecule has 2 aromatic heterocycles. The number of ether oxygens (including phenoxy) is 2. The summed E-state index contributed by atoms with van der Waals surface area (Å²) in [5.74, 6) is 1.91. The standard InChI is InChI=1S/C11H16N6O2/c1-7(6-18-2)19-10-5-9(16-17-10)14-8-3-4-13-11(12)15-8/h3-5,7H,6H2,1-2H3,(H4,12,13,14,15,16,17). The van der Waals surface area contributed by atoms with Crippen LogP contribution in [0.5, 0.6) is 5.88 Å². The van der Waals surface area contributed by atoms with Crippen LogP contribution < -0.4 is 15.8 Å². The number of rotatable bonds is 6. The lowest BCUT2D eigenvalue weighted by Gasteiger charge is -2.10. The van der Waals surface area contributed by atoms with Crippen LogP contribution in [-0.2, 0) is 4.74 Å². The summed E-state index contributed by atoms with van der Waals surface area (Å²) in [5, 5.41) is 9.82. The fourth-order valence-electron chi connectivity index (χ4n) is 1.48. The smallest absolute Gasteiger partial charge is 0.235 e. The van der Waals surface area contributed by atoms with E-state index in [9.17, 15) is 0 Å². The van der Waals surface area contributed by atoms with Gasteiger partial charge >= 0.3 is 0 Å². The predicted octanol–water partition coefficient (Wildman–Crippen LogP) is 0.939. The van der Waals surface area contributed by atoms with Crippen LogP contribution in [0.1, 0.15) is 6.92 Å². The number of nitrogen functional groups attached to an aromatic ring is 1. The molecule has 2 rings (SSSR count). The van der Waals surface area contributed by atoms with Gasteiger partial charge in [-0.15, -0.1) is 5.10 Å². The van der Waals surface area contributed by atoms with E-state index in [1.165, 1.54) is 0 Å². The van der Waals surface area contributed by atoms with Gasteiger partial charge in [0, 0.05) is 19.4 Å². The Hall–Kier alpha value is -2.35. The zero-order valence-electron chi connectivity index (χ0n) is 10.8. The summed E-state index contributed by atoms with van der Waals surface area (Å²) >= 11 is 0. The molecule has 102 valence electrons. The van der Waals surface area contributed by atoms with Crippen molar-refractivity contribution in [2.45, 2.75) is 13.0 Å². The van der Waals surface area contributed by atoms with Crippen molar-refractivity contribution < 1.29 is 9.47 Å². The first kappa shape index (κ1) is 13.1. The van der Waals surface area contributed by atoms with Crippen molar-refractivity contribution in [2.75, 3.05) is 24.8 Å². The Morgan fingerprint density at radius 2 is 2.37 bits per heavy atom. The Bertz CT molecular complexity index is 529. The van der Waals surface area contributed by atoms with Crippen LogP contribution >= 0.6 is 0 Å². The van der Waals surface area contributed by atoms with E-state index in [2.05, 4.69) is 25.5 Å². The maximum Gasteiger partial charge on any atom is 0.235 e. The highest BCUT2D eigenvalue weighted by molar-refractivity contribution is 5.53. The third kappa shape index (κ3) is 3.81. The third-order valence-electron chi connectivity index (χ3n) is 2.21. The van der Waals surface area contributed by atoms with Crippen molar-refractivity contribution in [1.29, 1.82) is 0 Å². The molecule has 0 aliphatic heterocycles. The summed E-state index contributed by atoms with van der Waals surface area (Å²) in [6.07, 6.45) is 1.50. The van der Waals surface area contributed by atoms with Crippen LogP contribution in [0.2, 0.25) is 0 Å². The monoisotopic (exact) mass is 264 g/mol. The van der Waals surface area contributed by atoms with Gasteiger partial charge in [-0.3, -0.25) is 5.10 Å². The molecule has 2 aromatic rings. The first-order chi connectivity index (χ1) is 9.17. The van der Waals surface area contributed by atoms with Crippen molar-refractivity contribution >= 4 is 17.6 Å². The summed E-state index contributed by atoms with van der Waals surface area (Å²) < 4.78 is 10.5. The number of aromatic nitrogens is 4. The maximum absolute atomic E-state index is 5.53. The van der Waals surface area contributed by atoms with Crippen molar-refractivity contribution in [3.8, 4) is 5.88 Å².